The number of hydrogen-bond donors (Lipinski definition) is 5. The number of carboxylic acid groups (broad SMARTS) is 1. The Kier molecular flexibility index (Phi) is 25.3. The summed E-state index contributed by atoms with van der Waals surface area (Å²) in [5.41, 5.74) is 2.27. The lowest BCUT2D eigenvalue weighted by molar-refractivity contribution is -0.144. The Morgan fingerprint density at radius 3 is 2.06 bits per heavy atom. The third-order valence-corrected chi connectivity index (χ3v) is 11.4. The van der Waals surface area contributed by atoms with Gasteiger partial charge >= 0.3 is 11.9 Å². The molecule has 5 N–H and O–H groups in total. The summed E-state index contributed by atoms with van der Waals surface area (Å²) in [6.07, 6.45) is 20.0. The molecule has 12 nitrogen and oxygen atoms in total. The first-order valence-electron chi connectivity index (χ1n) is 22.8. The lowest BCUT2D eigenvalue weighted by Crippen LogP contribution is -2.45. The first-order chi connectivity index (χ1) is 30.6. The quantitative estimate of drug-likeness (QED) is 0.0468. The molecule has 2 fully saturated rings. The van der Waals surface area contributed by atoms with Gasteiger partial charge in [-0.15, -0.1) is 0 Å². The highest BCUT2D eigenvalue weighted by atomic mass is 19.1. The zero-order valence-electron chi connectivity index (χ0n) is 38.9. The lowest BCUT2D eigenvalue weighted by Gasteiger charge is -2.29. The molecule has 0 spiro atoms. The van der Waals surface area contributed by atoms with E-state index in [1.165, 1.54) is 45.3 Å². The second kappa shape index (κ2) is 29.7. The Hall–Kier alpha value is -5.59. The van der Waals surface area contributed by atoms with Crippen LogP contribution in [-0.2, 0) is 46.3 Å². The van der Waals surface area contributed by atoms with Gasteiger partial charge in [-0.05, 0) is 84.8 Å². The highest BCUT2D eigenvalue weighted by Gasteiger charge is 2.35. The maximum atomic E-state index is 14.3. The van der Waals surface area contributed by atoms with Crippen LogP contribution in [0.3, 0.4) is 0 Å². The smallest absolute Gasteiger partial charge is 0.328 e. The number of carbonyl (C=O) groups excluding carboxylic acids is 5. The molecule has 64 heavy (non-hydrogen) atoms. The van der Waals surface area contributed by atoms with Crippen molar-refractivity contribution in [2.45, 2.75) is 149 Å². The lowest BCUT2D eigenvalue weighted by atomic mass is 9.79. The maximum absolute atomic E-state index is 14.3. The minimum atomic E-state index is -1.05. The zero-order valence-corrected chi connectivity index (χ0v) is 38.9. The SMILES string of the molecule is C=C/C=C(\C=C/C)CC(=O)NC(Cc1ccccc1F)C(=O)Nc1ccc(CC(NC=O)C(=O)OC)cc1.CC(C)C.CCC1(CC(=O)NC(CC2CCCCC2)C(=O)O)CCCC1. The molecule has 2 aromatic carbocycles. The summed E-state index contributed by atoms with van der Waals surface area (Å²) < 4.78 is 19.0. The number of carbonyl (C=O) groups is 6. The van der Waals surface area contributed by atoms with Crippen molar-refractivity contribution in [2.75, 3.05) is 12.4 Å². The van der Waals surface area contributed by atoms with Crippen molar-refractivity contribution >= 4 is 41.8 Å². The highest BCUT2D eigenvalue weighted by molar-refractivity contribution is 5.97. The molecule has 0 aromatic heterocycles. The first-order valence-corrected chi connectivity index (χ1v) is 22.8. The molecule has 0 heterocycles. The molecule has 2 aliphatic carbocycles. The third-order valence-electron chi connectivity index (χ3n) is 11.4. The Labute approximate surface area is 380 Å². The number of esters is 1. The Morgan fingerprint density at radius 2 is 1.52 bits per heavy atom. The number of benzene rings is 2. The normalized spacial score (nSPS) is 16.1. The van der Waals surface area contributed by atoms with Gasteiger partial charge in [0, 0.05) is 24.9 Å². The number of ether oxygens (including phenoxy) is 1. The Morgan fingerprint density at radius 1 is 0.891 bits per heavy atom. The molecular weight excluding hydrogens is 816 g/mol. The second-order valence-electron chi connectivity index (χ2n) is 17.5. The van der Waals surface area contributed by atoms with Crippen LogP contribution < -0.4 is 21.3 Å². The van der Waals surface area contributed by atoms with E-state index in [0.717, 1.165) is 43.6 Å². The van der Waals surface area contributed by atoms with Crippen molar-refractivity contribution in [1.29, 1.82) is 0 Å². The summed E-state index contributed by atoms with van der Waals surface area (Å²) in [6, 6.07) is 10.1. The molecular formula is C51H73FN4O8. The molecule has 3 atom stereocenters. The van der Waals surface area contributed by atoms with Gasteiger partial charge in [0.1, 0.15) is 23.9 Å². The van der Waals surface area contributed by atoms with Crippen LogP contribution in [0.1, 0.15) is 129 Å². The van der Waals surface area contributed by atoms with E-state index in [1.54, 1.807) is 66.8 Å². The van der Waals surface area contributed by atoms with Gasteiger partial charge in [0.15, 0.2) is 0 Å². The summed E-state index contributed by atoms with van der Waals surface area (Å²) >= 11 is 0. The molecule has 4 rings (SSSR count). The predicted molar refractivity (Wildman–Crippen MR) is 251 cm³/mol. The van der Waals surface area contributed by atoms with E-state index >= 15 is 0 Å². The number of hydrogen-bond acceptors (Lipinski definition) is 7. The average molecular weight is 889 g/mol. The monoisotopic (exact) mass is 889 g/mol. The minimum absolute atomic E-state index is 0.0162. The van der Waals surface area contributed by atoms with Crippen LogP contribution >= 0.6 is 0 Å². The van der Waals surface area contributed by atoms with E-state index in [4.69, 9.17) is 0 Å². The van der Waals surface area contributed by atoms with Gasteiger partial charge < -0.3 is 31.1 Å². The van der Waals surface area contributed by atoms with E-state index in [2.05, 4.69) is 60.3 Å². The first kappa shape index (κ1) is 54.5. The number of allylic oxidation sites excluding steroid dienone is 4. The maximum Gasteiger partial charge on any atom is 0.328 e. The standard InChI is InChI=1S/C29H32FN3O5.C18H31NO3.C4H10/c1-4-8-20(9-5-2)17-27(35)33-25(18-22-10-6-7-11-24(22)30)28(36)32-23-14-12-21(13-15-23)16-26(31-19-34)29(37)38-3;1-2-18(10-6-7-11-18)13-16(20)19-15(17(21)22)12-14-8-4-3-5-9-14;1-4(2)3/h4-15,19,25-26H,1,16-18H2,2-3H3,(H,31,34)(H,32,36)(H,33,35);14-15H,2-13H2,1H3,(H,19,20)(H,21,22);4H,1-3H3/b9-5-,20-8+;;. The molecule has 3 unspecified atom stereocenters. The summed E-state index contributed by atoms with van der Waals surface area (Å²) in [5, 5.41) is 20.1. The molecule has 0 bridgehead atoms. The summed E-state index contributed by atoms with van der Waals surface area (Å²) in [7, 11) is 1.23. The minimum Gasteiger partial charge on any atom is -0.480 e. The number of amides is 4. The van der Waals surface area contributed by atoms with Crippen molar-refractivity contribution in [2.24, 2.45) is 17.3 Å². The highest BCUT2D eigenvalue weighted by Crippen LogP contribution is 2.43. The van der Waals surface area contributed by atoms with Crippen LogP contribution in [0.2, 0.25) is 0 Å². The number of anilines is 1. The Balaban J connectivity index is 0.000000454. The van der Waals surface area contributed by atoms with Crippen LogP contribution in [-0.4, -0.2) is 66.4 Å². The van der Waals surface area contributed by atoms with Crippen LogP contribution in [0, 0.1) is 23.1 Å². The van der Waals surface area contributed by atoms with Crippen molar-refractivity contribution in [3.63, 3.8) is 0 Å². The van der Waals surface area contributed by atoms with E-state index in [1.807, 2.05) is 6.92 Å². The molecule has 352 valence electrons. The van der Waals surface area contributed by atoms with Gasteiger partial charge in [0.05, 0.1) is 13.5 Å². The number of nitrogens with one attached hydrogen (secondary N) is 4. The van der Waals surface area contributed by atoms with Gasteiger partial charge in [0.2, 0.25) is 24.1 Å². The van der Waals surface area contributed by atoms with Crippen molar-refractivity contribution in [3.05, 3.63) is 102 Å². The Bertz CT molecular complexity index is 1850. The zero-order chi connectivity index (χ0) is 47.5. The van der Waals surface area contributed by atoms with Gasteiger partial charge in [-0.1, -0.05) is 134 Å². The van der Waals surface area contributed by atoms with Crippen LogP contribution in [0.4, 0.5) is 10.1 Å². The van der Waals surface area contributed by atoms with Crippen LogP contribution in [0.5, 0.6) is 0 Å². The summed E-state index contributed by atoms with van der Waals surface area (Å²) in [5.74, 6) is -1.63. The van der Waals surface area contributed by atoms with Crippen LogP contribution in [0.25, 0.3) is 0 Å². The van der Waals surface area contributed by atoms with Gasteiger partial charge in [-0.3, -0.25) is 19.2 Å². The fraction of sp³-hybridized carbons (Fsp3) is 0.529. The number of aliphatic carboxylic acids is 1. The molecule has 2 aliphatic rings. The molecule has 0 aliphatic heterocycles. The van der Waals surface area contributed by atoms with E-state index < -0.39 is 47.7 Å². The predicted octanol–water partition coefficient (Wildman–Crippen LogP) is 8.95. The number of rotatable bonds is 21. The van der Waals surface area contributed by atoms with Gasteiger partial charge in [0.25, 0.3) is 0 Å². The number of halogens is 1. The van der Waals surface area contributed by atoms with E-state index in [-0.39, 0.29) is 36.1 Å². The van der Waals surface area contributed by atoms with Crippen molar-refractivity contribution < 1.29 is 43.0 Å². The van der Waals surface area contributed by atoms with E-state index in [0.29, 0.717) is 36.4 Å². The van der Waals surface area contributed by atoms with Crippen LogP contribution in [0.15, 0.2) is 85.0 Å². The summed E-state index contributed by atoms with van der Waals surface area (Å²) in [6.45, 7) is 14.1. The molecule has 0 saturated heterocycles. The number of carboxylic acids is 1. The third kappa shape index (κ3) is 20.7. The van der Waals surface area contributed by atoms with Gasteiger partial charge in [-0.25, -0.2) is 14.0 Å². The van der Waals surface area contributed by atoms with Crippen molar-refractivity contribution in [3.8, 4) is 0 Å². The van der Waals surface area contributed by atoms with E-state index in [9.17, 15) is 38.3 Å². The topological polar surface area (TPSA) is 180 Å². The summed E-state index contributed by atoms with van der Waals surface area (Å²) in [4.78, 5) is 72.4. The largest absolute Gasteiger partial charge is 0.480 e. The molecule has 13 heteroatoms. The average Bonchev–Trinajstić information content (AvgIpc) is 3.73. The fourth-order valence-corrected chi connectivity index (χ4v) is 8.03. The van der Waals surface area contributed by atoms with Gasteiger partial charge in [-0.2, -0.15) is 0 Å². The number of methoxy groups -OCH3 is 1. The fourth-order valence-electron chi connectivity index (χ4n) is 8.03. The molecule has 0 radical (unpaired) electrons. The molecule has 2 saturated carbocycles. The second-order valence-corrected chi connectivity index (χ2v) is 17.5. The molecule has 4 amide bonds. The van der Waals surface area contributed by atoms with Crippen molar-refractivity contribution in [1.82, 2.24) is 16.0 Å². The molecule has 2 aromatic rings.